The molecule has 5 nitrogen and oxygen atoms in total. The number of benzene rings is 1. The summed E-state index contributed by atoms with van der Waals surface area (Å²) in [6, 6.07) is 8.96. The Morgan fingerprint density at radius 2 is 1.96 bits per heavy atom. The number of anilines is 1. The van der Waals surface area contributed by atoms with E-state index in [1.165, 1.54) is 15.9 Å². The van der Waals surface area contributed by atoms with Gasteiger partial charge in [-0.2, -0.15) is 0 Å². The lowest BCUT2D eigenvalue weighted by Crippen LogP contribution is -2.17. The van der Waals surface area contributed by atoms with Crippen LogP contribution in [-0.2, 0) is 0 Å². The van der Waals surface area contributed by atoms with Crippen molar-refractivity contribution in [1.82, 2.24) is 14.5 Å². The molecule has 4 aromatic rings. The minimum Gasteiger partial charge on any atom is -0.387 e. The smallest absolute Gasteiger partial charge is 0.275 e. The predicted molar refractivity (Wildman–Crippen MR) is 95.1 cm³/mol. The zero-order chi connectivity index (χ0) is 16.0. The van der Waals surface area contributed by atoms with Gasteiger partial charge in [-0.1, -0.05) is 11.6 Å². The van der Waals surface area contributed by atoms with Crippen LogP contribution in [0.2, 0.25) is 5.02 Å². The molecule has 3 heterocycles. The van der Waals surface area contributed by atoms with E-state index in [2.05, 4.69) is 15.3 Å². The number of thiophene rings is 1. The number of aromatic nitrogens is 3. The number of hydrogen-bond donors (Lipinski definition) is 1. The Kier molecular flexibility index (Phi) is 3.28. The Labute approximate surface area is 140 Å². The average Bonchev–Trinajstić information content (AvgIpc) is 2.96. The first-order chi connectivity index (χ1) is 11.2. The molecule has 0 saturated carbocycles. The minimum atomic E-state index is -0.109. The summed E-state index contributed by atoms with van der Waals surface area (Å²) in [5.74, 6) is 0. The standard InChI is InChI=1S/C16H11ClN4OS/c1-18-11-6-7-19-15-12(11)13-14(23-15)16(22)21(8-20-13)10-4-2-9(17)3-5-10/h2-8H,1H3,(H,18,19). The molecule has 0 aliphatic heterocycles. The zero-order valence-corrected chi connectivity index (χ0v) is 13.6. The van der Waals surface area contributed by atoms with Crippen LogP contribution in [-0.4, -0.2) is 21.6 Å². The molecule has 3 aromatic heterocycles. The van der Waals surface area contributed by atoms with Gasteiger partial charge in [-0.3, -0.25) is 9.36 Å². The summed E-state index contributed by atoms with van der Waals surface area (Å²) in [4.78, 5) is 22.5. The molecule has 7 heteroatoms. The van der Waals surface area contributed by atoms with Crippen LogP contribution in [0.4, 0.5) is 5.69 Å². The van der Waals surface area contributed by atoms with Gasteiger partial charge in [-0.25, -0.2) is 9.97 Å². The van der Waals surface area contributed by atoms with Crippen LogP contribution in [0.3, 0.4) is 0 Å². The third kappa shape index (κ3) is 2.18. The van der Waals surface area contributed by atoms with E-state index in [-0.39, 0.29) is 5.56 Å². The van der Waals surface area contributed by atoms with Gasteiger partial charge in [0, 0.05) is 24.0 Å². The van der Waals surface area contributed by atoms with Gasteiger partial charge < -0.3 is 5.32 Å². The quantitative estimate of drug-likeness (QED) is 0.603. The number of rotatable bonds is 2. The zero-order valence-electron chi connectivity index (χ0n) is 12.1. The minimum absolute atomic E-state index is 0.109. The molecule has 0 aliphatic carbocycles. The van der Waals surface area contributed by atoms with E-state index in [1.54, 1.807) is 36.8 Å². The van der Waals surface area contributed by atoms with E-state index in [0.29, 0.717) is 15.2 Å². The Hall–Kier alpha value is -2.44. The third-order valence-corrected chi connectivity index (χ3v) is 4.98. The lowest BCUT2D eigenvalue weighted by atomic mass is 10.2. The van der Waals surface area contributed by atoms with Gasteiger partial charge in [0.25, 0.3) is 5.56 Å². The molecule has 0 atom stereocenters. The second-order valence-corrected chi connectivity index (χ2v) is 6.40. The van der Waals surface area contributed by atoms with Gasteiger partial charge >= 0.3 is 0 Å². The van der Waals surface area contributed by atoms with Gasteiger partial charge in [-0.15, -0.1) is 11.3 Å². The highest BCUT2D eigenvalue weighted by molar-refractivity contribution is 7.25. The number of hydrogen-bond acceptors (Lipinski definition) is 5. The van der Waals surface area contributed by atoms with Crippen LogP contribution in [0.15, 0.2) is 47.7 Å². The maximum Gasteiger partial charge on any atom is 0.275 e. The summed E-state index contributed by atoms with van der Waals surface area (Å²) in [6.45, 7) is 0. The van der Waals surface area contributed by atoms with Crippen molar-refractivity contribution in [2.24, 2.45) is 0 Å². The molecule has 23 heavy (non-hydrogen) atoms. The van der Waals surface area contributed by atoms with Crippen molar-refractivity contribution in [3.8, 4) is 5.69 Å². The second kappa shape index (κ2) is 5.33. The molecule has 1 aromatic carbocycles. The summed E-state index contributed by atoms with van der Waals surface area (Å²) >= 11 is 7.26. The predicted octanol–water partition coefficient (Wildman–Crippen LogP) is 3.69. The van der Waals surface area contributed by atoms with E-state index in [1.807, 2.05) is 13.1 Å². The second-order valence-electron chi connectivity index (χ2n) is 4.96. The number of pyridine rings is 1. The maximum atomic E-state index is 12.8. The molecule has 0 bridgehead atoms. The molecule has 0 amide bonds. The van der Waals surface area contributed by atoms with Gasteiger partial charge in [0.2, 0.25) is 0 Å². The molecule has 0 radical (unpaired) electrons. The lowest BCUT2D eigenvalue weighted by molar-refractivity contribution is 0.968. The third-order valence-electron chi connectivity index (χ3n) is 3.66. The SMILES string of the molecule is CNc1ccnc2sc3c(=O)n(-c4ccc(Cl)cc4)cnc3c12. The first-order valence-corrected chi connectivity index (χ1v) is 8.11. The molecular weight excluding hydrogens is 332 g/mol. The fraction of sp³-hybridized carbons (Fsp3) is 0.0625. The number of nitrogens with one attached hydrogen (secondary N) is 1. The van der Waals surface area contributed by atoms with Crippen molar-refractivity contribution < 1.29 is 0 Å². The van der Waals surface area contributed by atoms with Crippen LogP contribution >= 0.6 is 22.9 Å². The highest BCUT2D eigenvalue weighted by atomic mass is 35.5. The fourth-order valence-electron chi connectivity index (χ4n) is 2.55. The molecule has 0 spiro atoms. The lowest BCUT2D eigenvalue weighted by Gasteiger charge is -2.05. The highest BCUT2D eigenvalue weighted by Crippen LogP contribution is 2.33. The molecule has 0 fully saturated rings. The first kappa shape index (κ1) is 14.2. The Morgan fingerprint density at radius 3 is 2.70 bits per heavy atom. The Balaban J connectivity index is 2.04. The average molecular weight is 343 g/mol. The Bertz CT molecular complexity index is 1090. The monoisotopic (exact) mass is 342 g/mol. The highest BCUT2D eigenvalue weighted by Gasteiger charge is 2.15. The van der Waals surface area contributed by atoms with E-state index < -0.39 is 0 Å². The normalized spacial score (nSPS) is 11.2. The molecule has 0 aliphatic rings. The molecule has 1 N–H and O–H groups in total. The maximum absolute atomic E-state index is 12.8. The van der Waals surface area contributed by atoms with E-state index >= 15 is 0 Å². The summed E-state index contributed by atoms with van der Waals surface area (Å²) in [6.07, 6.45) is 3.27. The van der Waals surface area contributed by atoms with Crippen LogP contribution in [0.25, 0.3) is 26.1 Å². The summed E-state index contributed by atoms with van der Waals surface area (Å²) in [5, 5.41) is 4.63. The number of nitrogens with zero attached hydrogens (tertiary/aromatic N) is 3. The van der Waals surface area contributed by atoms with Crippen LogP contribution in [0, 0.1) is 0 Å². The van der Waals surface area contributed by atoms with E-state index in [4.69, 9.17) is 11.6 Å². The first-order valence-electron chi connectivity index (χ1n) is 6.91. The van der Waals surface area contributed by atoms with Crippen molar-refractivity contribution in [2.75, 3.05) is 12.4 Å². The van der Waals surface area contributed by atoms with Crippen molar-refractivity contribution in [3.63, 3.8) is 0 Å². The summed E-state index contributed by atoms with van der Waals surface area (Å²) in [5.41, 5.74) is 2.21. The van der Waals surface area contributed by atoms with Crippen molar-refractivity contribution >= 4 is 49.1 Å². The van der Waals surface area contributed by atoms with Gasteiger partial charge in [0.15, 0.2) is 0 Å². The van der Waals surface area contributed by atoms with E-state index in [0.717, 1.165) is 21.6 Å². The van der Waals surface area contributed by atoms with Crippen LogP contribution in [0.5, 0.6) is 0 Å². The molecular formula is C16H11ClN4OS. The van der Waals surface area contributed by atoms with Crippen LogP contribution < -0.4 is 10.9 Å². The van der Waals surface area contributed by atoms with Crippen molar-refractivity contribution in [3.05, 3.63) is 58.2 Å². The van der Waals surface area contributed by atoms with Gasteiger partial charge in [-0.05, 0) is 30.3 Å². The molecule has 114 valence electrons. The van der Waals surface area contributed by atoms with Gasteiger partial charge in [0.05, 0.1) is 16.6 Å². The van der Waals surface area contributed by atoms with Gasteiger partial charge in [0.1, 0.15) is 15.9 Å². The summed E-state index contributed by atoms with van der Waals surface area (Å²) < 4.78 is 2.11. The van der Waals surface area contributed by atoms with E-state index in [9.17, 15) is 4.79 Å². The number of halogens is 1. The van der Waals surface area contributed by atoms with Crippen molar-refractivity contribution in [1.29, 1.82) is 0 Å². The van der Waals surface area contributed by atoms with Crippen LogP contribution in [0.1, 0.15) is 0 Å². The molecule has 4 rings (SSSR count). The molecule has 0 unspecified atom stereocenters. The summed E-state index contributed by atoms with van der Waals surface area (Å²) in [7, 11) is 1.84. The fourth-order valence-corrected chi connectivity index (χ4v) is 3.73. The largest absolute Gasteiger partial charge is 0.387 e. The Morgan fingerprint density at radius 1 is 1.17 bits per heavy atom. The molecule has 0 saturated heterocycles. The topological polar surface area (TPSA) is 59.8 Å². The number of fused-ring (bicyclic) bond motifs is 3. The van der Waals surface area contributed by atoms with Crippen molar-refractivity contribution in [2.45, 2.75) is 0 Å².